The monoisotopic (exact) mass is 248 g/mol. The Bertz CT molecular complexity index is 500. The molecular weight excluding hydrogens is 240 g/mol. The van der Waals surface area contributed by atoms with Crippen LogP contribution >= 0.6 is 11.6 Å². The first-order valence-electron chi connectivity index (χ1n) is 4.89. The number of aromatic nitrogens is 1. The average Bonchev–Trinajstić information content (AvgIpc) is 2.33. The van der Waals surface area contributed by atoms with Crippen LogP contribution in [-0.4, -0.2) is 11.1 Å². The van der Waals surface area contributed by atoms with Gasteiger partial charge in [-0.25, -0.2) is 9.78 Å². The molecule has 0 spiro atoms. The van der Waals surface area contributed by atoms with Gasteiger partial charge in [0.05, 0.1) is 5.02 Å². The van der Waals surface area contributed by atoms with Crippen molar-refractivity contribution in [2.24, 2.45) is 0 Å². The first kappa shape index (κ1) is 11.4. The van der Waals surface area contributed by atoms with Crippen LogP contribution in [0.4, 0.5) is 10.6 Å². The number of pyridine rings is 1. The Morgan fingerprint density at radius 2 is 1.94 bits per heavy atom. The molecule has 0 aliphatic rings. The maximum Gasteiger partial charge on any atom is 0.418 e. The number of hydrogen-bond donors (Lipinski definition) is 1. The van der Waals surface area contributed by atoms with Gasteiger partial charge in [0.15, 0.2) is 0 Å². The van der Waals surface area contributed by atoms with Crippen LogP contribution < -0.4 is 10.1 Å². The van der Waals surface area contributed by atoms with Gasteiger partial charge in [-0.05, 0) is 24.3 Å². The van der Waals surface area contributed by atoms with E-state index >= 15 is 0 Å². The molecule has 0 aliphatic carbocycles. The highest BCUT2D eigenvalue weighted by Crippen LogP contribution is 2.12. The molecule has 4 nitrogen and oxygen atoms in total. The van der Waals surface area contributed by atoms with Crippen molar-refractivity contribution in [3.05, 3.63) is 53.7 Å². The molecule has 2 rings (SSSR count). The molecule has 0 saturated carbocycles. The molecule has 0 unspecified atom stereocenters. The van der Waals surface area contributed by atoms with E-state index in [0.29, 0.717) is 16.6 Å². The van der Waals surface area contributed by atoms with Gasteiger partial charge in [-0.3, -0.25) is 5.32 Å². The Kier molecular flexibility index (Phi) is 3.57. The lowest BCUT2D eigenvalue weighted by atomic mass is 10.3. The summed E-state index contributed by atoms with van der Waals surface area (Å²) in [5.74, 6) is 0.856. The summed E-state index contributed by atoms with van der Waals surface area (Å²) in [5.41, 5.74) is 0. The van der Waals surface area contributed by atoms with E-state index in [4.69, 9.17) is 16.3 Å². The normalized spacial score (nSPS) is 9.71. The van der Waals surface area contributed by atoms with Crippen molar-refractivity contribution in [1.29, 1.82) is 0 Å². The maximum atomic E-state index is 11.5. The van der Waals surface area contributed by atoms with Crippen molar-refractivity contribution in [2.75, 3.05) is 5.32 Å². The van der Waals surface area contributed by atoms with Crippen LogP contribution in [0, 0.1) is 0 Å². The van der Waals surface area contributed by atoms with Gasteiger partial charge in [0.25, 0.3) is 0 Å². The van der Waals surface area contributed by atoms with E-state index in [9.17, 15) is 4.79 Å². The number of rotatable bonds is 2. The predicted molar refractivity (Wildman–Crippen MR) is 65.3 cm³/mol. The van der Waals surface area contributed by atoms with Gasteiger partial charge in [-0.15, -0.1) is 0 Å². The predicted octanol–water partition coefficient (Wildman–Crippen LogP) is 3.35. The molecule has 86 valence electrons. The Balaban J connectivity index is 1.96. The molecule has 0 atom stereocenters. The number of carbonyl (C=O) groups is 1. The lowest BCUT2D eigenvalue weighted by molar-refractivity contribution is 0.215. The molecular formula is C12H9ClN2O2. The summed E-state index contributed by atoms with van der Waals surface area (Å²) >= 11 is 5.67. The van der Waals surface area contributed by atoms with Crippen molar-refractivity contribution in [3.63, 3.8) is 0 Å². The Morgan fingerprint density at radius 3 is 2.59 bits per heavy atom. The molecule has 2 aromatic rings. The van der Waals surface area contributed by atoms with Gasteiger partial charge in [-0.1, -0.05) is 29.8 Å². The highest BCUT2D eigenvalue weighted by molar-refractivity contribution is 6.30. The van der Waals surface area contributed by atoms with E-state index in [-0.39, 0.29) is 0 Å². The number of ether oxygens (including phenoxy) is 1. The third kappa shape index (κ3) is 3.46. The van der Waals surface area contributed by atoms with Crippen LogP contribution in [0.5, 0.6) is 5.75 Å². The Hall–Kier alpha value is -2.07. The van der Waals surface area contributed by atoms with Crippen molar-refractivity contribution in [1.82, 2.24) is 4.98 Å². The highest BCUT2D eigenvalue weighted by atomic mass is 35.5. The molecule has 0 saturated heterocycles. The van der Waals surface area contributed by atoms with Crippen molar-refractivity contribution < 1.29 is 9.53 Å². The topological polar surface area (TPSA) is 51.2 Å². The third-order valence-corrected chi connectivity index (χ3v) is 2.13. The zero-order valence-electron chi connectivity index (χ0n) is 8.76. The fourth-order valence-electron chi connectivity index (χ4n) is 1.18. The van der Waals surface area contributed by atoms with E-state index in [2.05, 4.69) is 10.3 Å². The van der Waals surface area contributed by atoms with Crippen LogP contribution in [0.1, 0.15) is 0 Å². The minimum absolute atomic E-state index is 0.385. The number of halogens is 1. The van der Waals surface area contributed by atoms with E-state index in [1.165, 1.54) is 6.20 Å². The lowest BCUT2D eigenvalue weighted by Gasteiger charge is -2.05. The number of carbonyl (C=O) groups excluding carboxylic acids is 1. The number of para-hydroxylation sites is 1. The van der Waals surface area contributed by atoms with Crippen LogP contribution in [0.15, 0.2) is 48.7 Å². The second-order valence-electron chi connectivity index (χ2n) is 3.19. The van der Waals surface area contributed by atoms with Crippen LogP contribution in [0.3, 0.4) is 0 Å². The van der Waals surface area contributed by atoms with Gasteiger partial charge in [0, 0.05) is 6.20 Å². The molecule has 0 bridgehead atoms. The zero-order chi connectivity index (χ0) is 12.1. The van der Waals surface area contributed by atoms with Gasteiger partial charge >= 0.3 is 6.09 Å². The zero-order valence-corrected chi connectivity index (χ0v) is 9.52. The molecule has 1 aromatic carbocycles. The van der Waals surface area contributed by atoms with Gasteiger partial charge < -0.3 is 4.74 Å². The highest BCUT2D eigenvalue weighted by Gasteiger charge is 2.04. The molecule has 5 heteroatoms. The quantitative estimate of drug-likeness (QED) is 0.887. The standard InChI is InChI=1S/C12H9ClN2O2/c13-9-6-7-11(14-8-9)15-12(16)17-10-4-2-1-3-5-10/h1-8H,(H,14,15,16). The number of nitrogens with zero attached hydrogens (tertiary/aromatic N) is 1. The van der Waals surface area contributed by atoms with E-state index in [0.717, 1.165) is 0 Å². The molecule has 1 heterocycles. The summed E-state index contributed by atoms with van der Waals surface area (Å²) < 4.78 is 5.03. The summed E-state index contributed by atoms with van der Waals surface area (Å²) in [5, 5.41) is 2.99. The second kappa shape index (κ2) is 5.32. The van der Waals surface area contributed by atoms with E-state index < -0.39 is 6.09 Å². The smallest absolute Gasteiger partial charge is 0.410 e. The van der Waals surface area contributed by atoms with E-state index in [1.807, 2.05) is 6.07 Å². The molecule has 1 N–H and O–H groups in total. The fraction of sp³-hybridized carbons (Fsp3) is 0. The fourth-order valence-corrected chi connectivity index (χ4v) is 1.29. The summed E-state index contributed by atoms with van der Waals surface area (Å²) in [7, 11) is 0. The third-order valence-electron chi connectivity index (χ3n) is 1.91. The molecule has 0 radical (unpaired) electrons. The average molecular weight is 249 g/mol. The molecule has 0 aliphatic heterocycles. The van der Waals surface area contributed by atoms with Gasteiger partial charge in [-0.2, -0.15) is 0 Å². The summed E-state index contributed by atoms with van der Waals surface area (Å²) in [4.78, 5) is 15.4. The largest absolute Gasteiger partial charge is 0.418 e. The summed E-state index contributed by atoms with van der Waals surface area (Å²) in [6.45, 7) is 0. The van der Waals surface area contributed by atoms with Gasteiger partial charge in [0.2, 0.25) is 0 Å². The maximum absolute atomic E-state index is 11.5. The Morgan fingerprint density at radius 1 is 1.18 bits per heavy atom. The number of nitrogens with one attached hydrogen (secondary N) is 1. The number of hydrogen-bond acceptors (Lipinski definition) is 3. The van der Waals surface area contributed by atoms with Gasteiger partial charge in [0.1, 0.15) is 11.6 Å². The van der Waals surface area contributed by atoms with Crippen molar-refractivity contribution in [3.8, 4) is 5.75 Å². The first-order chi connectivity index (χ1) is 8.24. The van der Waals surface area contributed by atoms with Crippen molar-refractivity contribution in [2.45, 2.75) is 0 Å². The Labute approximate surface area is 103 Å². The van der Waals surface area contributed by atoms with Crippen LogP contribution in [-0.2, 0) is 0 Å². The molecule has 17 heavy (non-hydrogen) atoms. The molecule has 1 aromatic heterocycles. The minimum Gasteiger partial charge on any atom is -0.410 e. The summed E-state index contributed by atoms with van der Waals surface area (Å²) in [6, 6.07) is 12.0. The number of benzene rings is 1. The molecule has 1 amide bonds. The second-order valence-corrected chi connectivity index (χ2v) is 3.63. The SMILES string of the molecule is O=C(Nc1ccc(Cl)cn1)Oc1ccccc1. The molecule has 0 fully saturated rings. The number of anilines is 1. The lowest BCUT2D eigenvalue weighted by Crippen LogP contribution is -2.17. The van der Waals surface area contributed by atoms with E-state index in [1.54, 1.807) is 36.4 Å². The van der Waals surface area contributed by atoms with Crippen LogP contribution in [0.2, 0.25) is 5.02 Å². The number of amides is 1. The summed E-state index contributed by atoms with van der Waals surface area (Å²) in [6.07, 6.45) is 0.852. The van der Waals surface area contributed by atoms with Crippen molar-refractivity contribution >= 4 is 23.5 Å². The first-order valence-corrected chi connectivity index (χ1v) is 5.27. The minimum atomic E-state index is -0.592. The van der Waals surface area contributed by atoms with Crippen LogP contribution in [0.25, 0.3) is 0 Å².